The molecule has 0 aliphatic heterocycles. The van der Waals surface area contributed by atoms with Gasteiger partial charge in [-0.1, -0.05) is 44.2 Å². The van der Waals surface area contributed by atoms with E-state index in [0.717, 1.165) is 10.5 Å². The highest BCUT2D eigenvalue weighted by Crippen LogP contribution is 2.18. The molecule has 10 heteroatoms. The van der Waals surface area contributed by atoms with E-state index < -0.39 is 41.3 Å². The van der Waals surface area contributed by atoms with Gasteiger partial charge in [-0.05, 0) is 36.5 Å². The number of carbonyl (C=O) groups excluding carboxylic acids is 3. The molecule has 176 valence electrons. The fourth-order valence-electron chi connectivity index (χ4n) is 3.16. The fourth-order valence-corrected chi connectivity index (χ4v) is 3.16. The molecule has 0 unspecified atom stereocenters. The van der Waals surface area contributed by atoms with Gasteiger partial charge in [-0.25, -0.2) is 4.79 Å². The Labute approximate surface area is 191 Å². The van der Waals surface area contributed by atoms with Crippen molar-refractivity contribution in [2.75, 3.05) is 6.54 Å². The lowest BCUT2D eigenvalue weighted by atomic mass is 10.0. The van der Waals surface area contributed by atoms with Gasteiger partial charge in [0.05, 0.1) is 17.0 Å². The summed E-state index contributed by atoms with van der Waals surface area (Å²) < 4.78 is 5.15. The molecule has 0 aromatic heterocycles. The van der Waals surface area contributed by atoms with Crippen molar-refractivity contribution in [1.82, 2.24) is 4.90 Å². The molecule has 0 saturated heterocycles. The van der Waals surface area contributed by atoms with Crippen LogP contribution in [-0.4, -0.2) is 46.2 Å². The Morgan fingerprint density at radius 2 is 1.55 bits per heavy atom. The molecular formula is C23H28N4O6. The summed E-state index contributed by atoms with van der Waals surface area (Å²) in [5.41, 5.74) is 12.7. The van der Waals surface area contributed by atoms with Gasteiger partial charge in [0, 0.05) is 12.1 Å². The van der Waals surface area contributed by atoms with Gasteiger partial charge in [0.25, 0.3) is 5.69 Å². The SMILES string of the molecule is CC(C)C[C@H](N)C(=O)N(CC(=O)Oc1ccc([N+](=O)[O-])cc1)C(=O)[C@@H](N)Cc1ccccc1. The van der Waals surface area contributed by atoms with Crippen LogP contribution in [0.3, 0.4) is 0 Å². The molecule has 2 aromatic rings. The molecule has 0 aliphatic carbocycles. The van der Waals surface area contributed by atoms with Crippen LogP contribution in [0.2, 0.25) is 0 Å². The Kier molecular flexibility index (Phi) is 9.19. The van der Waals surface area contributed by atoms with E-state index in [4.69, 9.17) is 16.2 Å². The number of ether oxygens (including phenoxy) is 1. The number of carbonyl (C=O) groups is 3. The number of hydrogen-bond acceptors (Lipinski definition) is 8. The van der Waals surface area contributed by atoms with Gasteiger partial charge in [-0.3, -0.25) is 24.6 Å². The zero-order valence-corrected chi connectivity index (χ0v) is 18.5. The predicted octanol–water partition coefficient (Wildman–Crippen LogP) is 1.80. The summed E-state index contributed by atoms with van der Waals surface area (Å²) in [6.07, 6.45) is 0.480. The lowest BCUT2D eigenvalue weighted by molar-refractivity contribution is -0.384. The van der Waals surface area contributed by atoms with E-state index in [9.17, 15) is 24.5 Å². The van der Waals surface area contributed by atoms with Crippen LogP contribution in [0.25, 0.3) is 0 Å². The Hall–Kier alpha value is -3.63. The summed E-state index contributed by atoms with van der Waals surface area (Å²) >= 11 is 0. The van der Waals surface area contributed by atoms with Gasteiger partial charge in [0.1, 0.15) is 12.3 Å². The second-order valence-electron chi connectivity index (χ2n) is 8.02. The number of nitrogens with zero attached hydrogens (tertiary/aromatic N) is 2. The fraction of sp³-hybridized carbons (Fsp3) is 0.348. The minimum absolute atomic E-state index is 0.0329. The summed E-state index contributed by atoms with van der Waals surface area (Å²) in [6, 6.07) is 11.8. The monoisotopic (exact) mass is 456 g/mol. The Morgan fingerprint density at radius 3 is 2.09 bits per heavy atom. The highest BCUT2D eigenvalue weighted by molar-refractivity contribution is 6.02. The van der Waals surface area contributed by atoms with Crippen molar-refractivity contribution in [2.45, 2.75) is 38.8 Å². The zero-order chi connectivity index (χ0) is 24.5. The van der Waals surface area contributed by atoms with Crippen LogP contribution in [0.1, 0.15) is 25.8 Å². The van der Waals surface area contributed by atoms with Crippen LogP contribution in [-0.2, 0) is 20.8 Å². The smallest absolute Gasteiger partial charge is 0.331 e. The molecule has 2 atom stereocenters. The van der Waals surface area contributed by atoms with Crippen LogP contribution in [0, 0.1) is 16.0 Å². The maximum absolute atomic E-state index is 13.0. The molecule has 0 heterocycles. The number of nitro benzene ring substituents is 1. The van der Waals surface area contributed by atoms with Crippen molar-refractivity contribution in [3.05, 3.63) is 70.3 Å². The number of benzene rings is 2. The Balaban J connectivity index is 2.16. The van der Waals surface area contributed by atoms with Gasteiger partial charge in [0.2, 0.25) is 11.8 Å². The average molecular weight is 456 g/mol. The number of esters is 1. The molecule has 2 rings (SSSR count). The molecule has 0 bridgehead atoms. The minimum atomic E-state index is -1.07. The first-order chi connectivity index (χ1) is 15.6. The van der Waals surface area contributed by atoms with Gasteiger partial charge in [-0.2, -0.15) is 0 Å². The molecule has 0 spiro atoms. The standard InChI is InChI=1S/C23H28N4O6/c1-15(2)12-19(24)22(29)26(23(30)20(25)13-16-6-4-3-5-7-16)14-21(28)33-18-10-8-17(9-11-18)27(31)32/h3-11,15,19-20H,12-14,24-25H2,1-2H3/t19-,20-/m0/s1. The quantitative estimate of drug-likeness (QED) is 0.237. The molecule has 4 N–H and O–H groups in total. The summed E-state index contributed by atoms with van der Waals surface area (Å²) in [6.45, 7) is 3.07. The molecule has 2 aromatic carbocycles. The third-order valence-corrected chi connectivity index (χ3v) is 4.76. The van der Waals surface area contributed by atoms with Crippen molar-refractivity contribution < 1.29 is 24.0 Å². The van der Waals surface area contributed by atoms with Crippen molar-refractivity contribution >= 4 is 23.5 Å². The minimum Gasteiger partial charge on any atom is -0.425 e. The molecule has 33 heavy (non-hydrogen) atoms. The number of nitrogens with two attached hydrogens (primary N) is 2. The van der Waals surface area contributed by atoms with E-state index in [1.165, 1.54) is 24.3 Å². The second kappa shape index (κ2) is 11.8. The van der Waals surface area contributed by atoms with Gasteiger partial charge >= 0.3 is 5.97 Å². The van der Waals surface area contributed by atoms with E-state index in [0.29, 0.717) is 6.42 Å². The molecular weight excluding hydrogens is 428 g/mol. The lowest BCUT2D eigenvalue weighted by Crippen LogP contribution is -2.54. The maximum atomic E-state index is 13.0. The van der Waals surface area contributed by atoms with Crippen LogP contribution < -0.4 is 16.2 Å². The normalized spacial score (nSPS) is 12.6. The van der Waals surface area contributed by atoms with Gasteiger partial charge < -0.3 is 16.2 Å². The van der Waals surface area contributed by atoms with Crippen LogP contribution in [0.5, 0.6) is 5.75 Å². The molecule has 0 saturated carbocycles. The first kappa shape index (κ1) is 25.6. The van der Waals surface area contributed by atoms with Crippen LogP contribution in [0.15, 0.2) is 54.6 Å². The van der Waals surface area contributed by atoms with Gasteiger partial charge in [-0.15, -0.1) is 0 Å². The Bertz CT molecular complexity index is 978. The first-order valence-electron chi connectivity index (χ1n) is 10.4. The topological polar surface area (TPSA) is 159 Å². The van der Waals surface area contributed by atoms with Gasteiger partial charge in [0.15, 0.2) is 0 Å². The highest BCUT2D eigenvalue weighted by Gasteiger charge is 2.32. The molecule has 10 nitrogen and oxygen atoms in total. The number of rotatable bonds is 10. The number of amides is 2. The van der Waals surface area contributed by atoms with E-state index in [-0.39, 0.29) is 23.8 Å². The lowest BCUT2D eigenvalue weighted by Gasteiger charge is -2.26. The summed E-state index contributed by atoms with van der Waals surface area (Å²) in [5.74, 6) is -2.26. The molecule has 0 aliphatic rings. The number of imide groups is 1. The second-order valence-corrected chi connectivity index (χ2v) is 8.02. The molecule has 2 amide bonds. The first-order valence-corrected chi connectivity index (χ1v) is 10.4. The number of hydrogen-bond donors (Lipinski definition) is 2. The van der Waals surface area contributed by atoms with Crippen molar-refractivity contribution in [3.63, 3.8) is 0 Å². The maximum Gasteiger partial charge on any atom is 0.331 e. The summed E-state index contributed by atoms with van der Waals surface area (Å²) in [7, 11) is 0. The third kappa shape index (κ3) is 7.78. The van der Waals surface area contributed by atoms with Crippen molar-refractivity contribution in [3.8, 4) is 5.75 Å². The molecule has 0 radical (unpaired) electrons. The largest absolute Gasteiger partial charge is 0.425 e. The van der Waals surface area contributed by atoms with Crippen molar-refractivity contribution in [2.24, 2.45) is 17.4 Å². The number of nitro groups is 1. The summed E-state index contributed by atoms with van der Waals surface area (Å²) in [5, 5.41) is 10.8. The van der Waals surface area contributed by atoms with Crippen LogP contribution >= 0.6 is 0 Å². The summed E-state index contributed by atoms with van der Waals surface area (Å²) in [4.78, 5) is 49.3. The predicted molar refractivity (Wildman–Crippen MR) is 121 cm³/mol. The van der Waals surface area contributed by atoms with E-state index >= 15 is 0 Å². The number of non-ortho nitro benzene ring substituents is 1. The zero-order valence-electron chi connectivity index (χ0n) is 18.5. The Morgan fingerprint density at radius 1 is 0.970 bits per heavy atom. The highest BCUT2D eigenvalue weighted by atomic mass is 16.6. The van der Waals surface area contributed by atoms with Crippen molar-refractivity contribution in [1.29, 1.82) is 0 Å². The van der Waals surface area contributed by atoms with E-state index in [1.807, 2.05) is 19.9 Å². The van der Waals surface area contributed by atoms with E-state index in [1.54, 1.807) is 24.3 Å². The average Bonchev–Trinajstić information content (AvgIpc) is 2.77. The van der Waals surface area contributed by atoms with E-state index in [2.05, 4.69) is 0 Å². The van der Waals surface area contributed by atoms with Crippen LogP contribution in [0.4, 0.5) is 5.69 Å². The molecule has 0 fully saturated rings. The third-order valence-electron chi connectivity index (χ3n) is 4.76.